The molecule has 1 aliphatic carbocycles. The predicted molar refractivity (Wildman–Crippen MR) is 114 cm³/mol. The van der Waals surface area contributed by atoms with Crippen LogP contribution in [0.3, 0.4) is 0 Å². The van der Waals surface area contributed by atoms with Crippen LogP contribution in [-0.2, 0) is 11.3 Å². The van der Waals surface area contributed by atoms with Gasteiger partial charge in [-0.3, -0.25) is 4.79 Å². The number of ether oxygens (including phenoxy) is 1. The van der Waals surface area contributed by atoms with Crippen LogP contribution >= 0.6 is 0 Å². The van der Waals surface area contributed by atoms with Crippen molar-refractivity contribution in [1.29, 1.82) is 0 Å². The number of anilines is 1. The average molecular weight is 434 g/mol. The van der Waals surface area contributed by atoms with Gasteiger partial charge in [0.1, 0.15) is 29.4 Å². The summed E-state index contributed by atoms with van der Waals surface area (Å²) in [6.07, 6.45) is 3.49. The van der Waals surface area contributed by atoms with E-state index in [0.29, 0.717) is 17.5 Å². The molecule has 0 aliphatic heterocycles. The molecule has 1 N–H and O–H groups in total. The third-order valence-electron chi connectivity index (χ3n) is 5.84. The van der Waals surface area contributed by atoms with Crippen molar-refractivity contribution in [2.24, 2.45) is 5.92 Å². The molecule has 31 heavy (non-hydrogen) atoms. The number of benzene rings is 1. The highest BCUT2D eigenvalue weighted by Crippen LogP contribution is 2.33. The van der Waals surface area contributed by atoms with E-state index in [9.17, 15) is 23.5 Å². The van der Waals surface area contributed by atoms with Crippen molar-refractivity contribution < 1.29 is 23.4 Å². The van der Waals surface area contributed by atoms with Crippen molar-refractivity contribution in [3.05, 3.63) is 57.5 Å². The van der Waals surface area contributed by atoms with Gasteiger partial charge in [0, 0.05) is 49.8 Å². The molecule has 2 atom stereocenters. The van der Waals surface area contributed by atoms with Crippen LogP contribution in [0.25, 0.3) is 0 Å². The molecule has 1 heterocycles. The highest BCUT2D eigenvalue weighted by molar-refractivity contribution is 5.55. The number of aromatic nitrogens is 1. The van der Waals surface area contributed by atoms with E-state index in [1.165, 1.54) is 11.7 Å². The first-order chi connectivity index (χ1) is 14.8. The molecule has 1 saturated carbocycles. The number of nitrogens with zero attached hydrogens (tertiary/aromatic N) is 2. The van der Waals surface area contributed by atoms with Crippen molar-refractivity contribution in [2.45, 2.75) is 44.8 Å². The van der Waals surface area contributed by atoms with Crippen LogP contribution in [0.5, 0.6) is 5.75 Å². The number of carbonyl (C=O) groups is 1. The number of likely N-dealkylation sites (N-methyl/N-ethyl adjacent to an activating group) is 1. The number of rotatable bonds is 10. The Morgan fingerprint density at radius 3 is 2.52 bits per heavy atom. The molecule has 1 fully saturated rings. The van der Waals surface area contributed by atoms with Gasteiger partial charge < -0.3 is 24.1 Å². The fourth-order valence-electron chi connectivity index (χ4n) is 3.98. The summed E-state index contributed by atoms with van der Waals surface area (Å²) >= 11 is 0. The molecule has 0 amide bonds. The van der Waals surface area contributed by atoms with Gasteiger partial charge in [0.05, 0.1) is 19.8 Å². The summed E-state index contributed by atoms with van der Waals surface area (Å²) in [7, 11) is 2.97. The van der Waals surface area contributed by atoms with Crippen molar-refractivity contribution in [3.63, 3.8) is 0 Å². The standard InChI is InChI=1S/C23H28F2N2O4/c1-14-6-8-27(13-20(29)15-4-5-15)23(30)22(14)26(2)12-16(7-9-28)21-18(24)10-17(31-3)11-19(21)25/h6,8-11,15-16,20,29H,4-5,7,12-13H2,1-3H3. The second-order valence-corrected chi connectivity index (χ2v) is 8.19. The SMILES string of the molecule is COc1cc(F)c(C(CC=O)CN(C)c2c(C)ccn(CC(O)C3CC3)c2=O)c(F)c1. The third-order valence-corrected chi connectivity index (χ3v) is 5.84. The average Bonchev–Trinajstić information content (AvgIpc) is 3.55. The molecule has 1 aromatic heterocycles. The number of aliphatic hydroxyl groups is 1. The van der Waals surface area contributed by atoms with E-state index in [2.05, 4.69) is 0 Å². The number of hydrogen-bond acceptors (Lipinski definition) is 5. The zero-order valence-corrected chi connectivity index (χ0v) is 18.0. The first-order valence-electron chi connectivity index (χ1n) is 10.3. The molecule has 1 aliphatic rings. The highest BCUT2D eigenvalue weighted by Gasteiger charge is 2.30. The molecule has 0 saturated heterocycles. The number of methoxy groups -OCH3 is 1. The molecule has 0 bridgehead atoms. The summed E-state index contributed by atoms with van der Waals surface area (Å²) < 4.78 is 35.6. The van der Waals surface area contributed by atoms with Gasteiger partial charge in [-0.1, -0.05) is 0 Å². The van der Waals surface area contributed by atoms with E-state index in [1.807, 2.05) is 0 Å². The third kappa shape index (κ3) is 5.12. The second kappa shape index (κ2) is 9.60. The van der Waals surface area contributed by atoms with E-state index in [4.69, 9.17) is 4.74 Å². The number of aldehydes is 1. The molecule has 6 nitrogen and oxygen atoms in total. The van der Waals surface area contributed by atoms with Crippen LogP contribution in [-0.4, -0.2) is 42.8 Å². The van der Waals surface area contributed by atoms with Gasteiger partial charge in [0.2, 0.25) is 0 Å². The van der Waals surface area contributed by atoms with Crippen LogP contribution in [0, 0.1) is 24.5 Å². The van der Waals surface area contributed by atoms with Gasteiger partial charge in [0.15, 0.2) is 0 Å². The van der Waals surface area contributed by atoms with Gasteiger partial charge in [-0.15, -0.1) is 0 Å². The summed E-state index contributed by atoms with van der Waals surface area (Å²) in [6, 6.07) is 3.93. The van der Waals surface area contributed by atoms with Crippen LogP contribution < -0.4 is 15.2 Å². The number of hydrogen-bond donors (Lipinski definition) is 1. The zero-order chi connectivity index (χ0) is 22.7. The Kier molecular flexibility index (Phi) is 7.10. The lowest BCUT2D eigenvalue weighted by Gasteiger charge is -2.27. The maximum absolute atomic E-state index is 14.6. The van der Waals surface area contributed by atoms with Gasteiger partial charge in [-0.25, -0.2) is 8.78 Å². The number of halogens is 2. The molecular formula is C23H28F2N2O4. The Bertz CT molecular complexity index is 981. The summed E-state index contributed by atoms with van der Waals surface area (Å²) in [4.78, 5) is 25.9. The Balaban J connectivity index is 1.90. The molecule has 3 rings (SSSR count). The van der Waals surface area contributed by atoms with Crippen molar-refractivity contribution >= 4 is 12.0 Å². The first-order valence-corrected chi connectivity index (χ1v) is 10.3. The van der Waals surface area contributed by atoms with E-state index < -0.39 is 23.7 Å². The lowest BCUT2D eigenvalue weighted by molar-refractivity contribution is -0.108. The monoisotopic (exact) mass is 434 g/mol. The molecule has 168 valence electrons. The van der Waals surface area contributed by atoms with Crippen LogP contribution in [0.2, 0.25) is 0 Å². The maximum Gasteiger partial charge on any atom is 0.274 e. The lowest BCUT2D eigenvalue weighted by atomic mass is 9.94. The van der Waals surface area contributed by atoms with E-state index >= 15 is 0 Å². The predicted octanol–water partition coefficient (Wildman–Crippen LogP) is 3.02. The van der Waals surface area contributed by atoms with Crippen LogP contribution in [0.4, 0.5) is 14.5 Å². The topological polar surface area (TPSA) is 71.8 Å². The lowest BCUT2D eigenvalue weighted by Crippen LogP contribution is -2.35. The van der Waals surface area contributed by atoms with Gasteiger partial charge in [0.25, 0.3) is 5.56 Å². The molecular weight excluding hydrogens is 406 g/mol. The van der Waals surface area contributed by atoms with Crippen molar-refractivity contribution in [2.75, 3.05) is 25.6 Å². The Labute approximate surface area is 180 Å². The van der Waals surface area contributed by atoms with Gasteiger partial charge in [-0.05, 0) is 37.3 Å². The fourth-order valence-corrected chi connectivity index (χ4v) is 3.98. The minimum atomic E-state index is -0.799. The van der Waals surface area contributed by atoms with Crippen molar-refractivity contribution in [3.8, 4) is 5.75 Å². The number of carbonyl (C=O) groups excluding carboxylic acids is 1. The Hall–Kier alpha value is -2.74. The van der Waals surface area contributed by atoms with Crippen molar-refractivity contribution in [1.82, 2.24) is 4.57 Å². The highest BCUT2D eigenvalue weighted by atomic mass is 19.1. The van der Waals surface area contributed by atoms with Crippen LogP contribution in [0.15, 0.2) is 29.2 Å². The minimum absolute atomic E-state index is 0.0490. The zero-order valence-electron chi connectivity index (χ0n) is 18.0. The van der Waals surface area contributed by atoms with Gasteiger partial charge >= 0.3 is 0 Å². The molecule has 8 heteroatoms. The van der Waals surface area contributed by atoms with E-state index in [-0.39, 0.29) is 42.3 Å². The van der Waals surface area contributed by atoms with Gasteiger partial charge in [-0.2, -0.15) is 0 Å². The molecule has 0 spiro atoms. The number of aryl methyl sites for hydroxylation is 1. The normalized spacial score (nSPS) is 15.4. The number of aliphatic hydroxyl groups excluding tert-OH is 1. The molecule has 1 aromatic carbocycles. The Morgan fingerprint density at radius 2 is 1.97 bits per heavy atom. The van der Waals surface area contributed by atoms with E-state index in [1.54, 1.807) is 31.1 Å². The molecule has 2 aromatic rings. The van der Waals surface area contributed by atoms with E-state index in [0.717, 1.165) is 25.0 Å². The smallest absolute Gasteiger partial charge is 0.274 e. The summed E-state index contributed by atoms with van der Waals surface area (Å²) in [6.45, 7) is 2.03. The summed E-state index contributed by atoms with van der Waals surface area (Å²) in [5, 5.41) is 10.2. The maximum atomic E-state index is 14.6. The second-order valence-electron chi connectivity index (χ2n) is 8.19. The largest absolute Gasteiger partial charge is 0.497 e. The van der Waals surface area contributed by atoms with Crippen LogP contribution in [0.1, 0.15) is 36.3 Å². The number of pyridine rings is 1. The molecule has 2 unspecified atom stereocenters. The quantitative estimate of drug-likeness (QED) is 0.582. The fraction of sp³-hybridized carbons (Fsp3) is 0.478. The first kappa shape index (κ1) is 22.9. The summed E-state index contributed by atoms with van der Waals surface area (Å²) in [5.74, 6) is -2.11. The summed E-state index contributed by atoms with van der Waals surface area (Å²) in [5.41, 5.74) is 0.571. The Morgan fingerprint density at radius 1 is 1.32 bits per heavy atom. The molecule has 0 radical (unpaired) electrons. The minimum Gasteiger partial charge on any atom is -0.497 e.